The molecule has 274 valence electrons. The fourth-order valence-corrected chi connectivity index (χ4v) is 6.92. The summed E-state index contributed by atoms with van der Waals surface area (Å²) >= 11 is 0. The lowest BCUT2D eigenvalue weighted by molar-refractivity contribution is -0.148. The Balaban J connectivity index is 1.54. The first-order chi connectivity index (χ1) is 25.7. The Morgan fingerprint density at radius 3 is 2.40 bits per heavy atom. The maximum Gasteiger partial charge on any atom is 0.302 e. The number of furan rings is 1. The third-order valence-corrected chi connectivity index (χ3v) is 9.35. The number of nitrogens with zero attached hydrogens (tertiary/aromatic N) is 2. The number of anilines is 1. The number of aliphatic hydroxyl groups excluding tert-OH is 1. The van der Waals surface area contributed by atoms with E-state index < -0.39 is 24.2 Å². The van der Waals surface area contributed by atoms with Crippen molar-refractivity contribution in [1.29, 1.82) is 0 Å². The van der Waals surface area contributed by atoms with Crippen molar-refractivity contribution in [2.75, 3.05) is 25.2 Å². The van der Waals surface area contributed by atoms with Crippen LogP contribution in [0.4, 0.5) is 5.69 Å². The molecular weight excluding hydrogens is 672 g/mol. The Hall–Kier alpha value is -5.87. The van der Waals surface area contributed by atoms with Crippen LogP contribution in [0.15, 0.2) is 114 Å². The number of rotatable bonds is 15. The van der Waals surface area contributed by atoms with Crippen molar-refractivity contribution >= 4 is 34.4 Å². The number of hydrogen-bond acceptors (Lipinski definition) is 8. The zero-order valence-electron chi connectivity index (χ0n) is 30.2. The summed E-state index contributed by atoms with van der Waals surface area (Å²) in [5.74, 6) is 0.614. The molecule has 0 aliphatic carbocycles. The number of benzene rings is 4. The first kappa shape index (κ1) is 36.9. The van der Waals surface area contributed by atoms with Gasteiger partial charge in [0, 0.05) is 48.6 Å². The first-order valence-electron chi connectivity index (χ1n) is 17.7. The van der Waals surface area contributed by atoms with E-state index in [4.69, 9.17) is 18.6 Å². The highest BCUT2D eigenvalue weighted by molar-refractivity contribution is 6.00. The Morgan fingerprint density at radius 2 is 1.72 bits per heavy atom. The molecule has 1 aliphatic rings. The predicted octanol–water partition coefficient (Wildman–Crippen LogP) is 7.36. The van der Waals surface area contributed by atoms with Gasteiger partial charge in [-0.25, -0.2) is 0 Å². The lowest BCUT2D eigenvalue weighted by Gasteiger charge is -2.39. The molecule has 0 radical (unpaired) electrons. The predicted molar refractivity (Wildman–Crippen MR) is 202 cm³/mol. The van der Waals surface area contributed by atoms with Crippen LogP contribution < -0.4 is 14.4 Å². The maximum absolute atomic E-state index is 14.9. The minimum absolute atomic E-state index is 0.0256. The number of methoxy groups -OCH3 is 1. The van der Waals surface area contributed by atoms with Gasteiger partial charge in [-0.2, -0.15) is 0 Å². The number of hydrogen-bond donors (Lipinski definition) is 1. The third-order valence-electron chi connectivity index (χ3n) is 9.35. The number of aliphatic hydroxyl groups is 1. The van der Waals surface area contributed by atoms with E-state index in [1.807, 2.05) is 67.6 Å². The van der Waals surface area contributed by atoms with Gasteiger partial charge < -0.3 is 33.5 Å². The van der Waals surface area contributed by atoms with Gasteiger partial charge in [-0.05, 0) is 67.1 Å². The summed E-state index contributed by atoms with van der Waals surface area (Å²) in [6, 6.07) is 27.8. The lowest BCUT2D eigenvalue weighted by Crippen LogP contribution is -2.53. The molecule has 3 atom stereocenters. The van der Waals surface area contributed by atoms with Crippen LogP contribution in [0, 0.1) is 6.92 Å². The Kier molecular flexibility index (Phi) is 11.6. The SMILES string of the molecule is C=CCC(OC(C)=O)[C@@H]1[C@@H](N(Cc2cc3ccccc3o2)C(=O)c2ccc(C)cc2)c2cc(OCCCO)ccc2N1C(=O)Cc1ccc(OC)cc1. The standard InChI is InChI=1S/C43H44N2O8/c1-5-9-39(52-29(3)47)42-41(44(43(49)31-16-12-28(2)13-17-31)27-35-25-32-10-6-7-11-38(32)53-35)36-26-34(51-23-8-22-46)20-21-37(36)45(42)40(48)24-30-14-18-33(50-4)19-15-30/h5-7,10-21,25-26,39,41-42,46H,1,8-9,22-24,27H2,2-4H3/t39?,41-,42+/m0/s1. The topological polar surface area (TPSA) is 119 Å². The third kappa shape index (κ3) is 8.29. The fraction of sp³-hybridized carbons (Fsp3) is 0.279. The number of carbonyl (C=O) groups is 3. The van der Waals surface area contributed by atoms with Crippen LogP contribution in [-0.2, 0) is 27.3 Å². The second-order valence-corrected chi connectivity index (χ2v) is 13.1. The van der Waals surface area contributed by atoms with Crippen LogP contribution in [-0.4, -0.2) is 60.3 Å². The average Bonchev–Trinajstić information content (AvgIpc) is 3.72. The molecule has 1 aliphatic heterocycles. The number of esters is 1. The molecule has 6 rings (SSSR count). The van der Waals surface area contributed by atoms with E-state index in [2.05, 4.69) is 6.58 Å². The van der Waals surface area contributed by atoms with E-state index in [-0.39, 0.29) is 44.4 Å². The zero-order chi connectivity index (χ0) is 37.5. The molecule has 1 unspecified atom stereocenters. The molecule has 10 heteroatoms. The fourth-order valence-electron chi connectivity index (χ4n) is 6.92. The molecule has 1 aromatic heterocycles. The summed E-state index contributed by atoms with van der Waals surface area (Å²) < 4.78 is 23.7. The summed E-state index contributed by atoms with van der Waals surface area (Å²) in [6.45, 7) is 7.50. The minimum Gasteiger partial charge on any atom is -0.497 e. The molecule has 0 saturated heterocycles. The van der Waals surface area contributed by atoms with Crippen LogP contribution in [0.5, 0.6) is 11.5 Å². The molecule has 53 heavy (non-hydrogen) atoms. The van der Waals surface area contributed by atoms with Crippen molar-refractivity contribution in [2.24, 2.45) is 0 Å². The Morgan fingerprint density at radius 1 is 0.981 bits per heavy atom. The van der Waals surface area contributed by atoms with Crippen molar-refractivity contribution in [2.45, 2.75) is 57.8 Å². The number of para-hydroxylation sites is 1. The van der Waals surface area contributed by atoms with Gasteiger partial charge in [0.2, 0.25) is 5.91 Å². The Labute approximate surface area is 309 Å². The van der Waals surface area contributed by atoms with Gasteiger partial charge in [0.1, 0.15) is 28.9 Å². The lowest BCUT2D eigenvalue weighted by atomic mass is 9.93. The van der Waals surface area contributed by atoms with E-state index in [0.717, 1.165) is 16.5 Å². The van der Waals surface area contributed by atoms with Crippen LogP contribution in [0.25, 0.3) is 11.0 Å². The number of amides is 2. The van der Waals surface area contributed by atoms with Crippen LogP contribution in [0.2, 0.25) is 0 Å². The van der Waals surface area contributed by atoms with Crippen molar-refractivity contribution in [1.82, 2.24) is 4.90 Å². The van der Waals surface area contributed by atoms with Gasteiger partial charge in [-0.3, -0.25) is 14.4 Å². The van der Waals surface area contributed by atoms with Gasteiger partial charge in [0.15, 0.2) is 0 Å². The van der Waals surface area contributed by atoms with Gasteiger partial charge in [-0.15, -0.1) is 6.58 Å². The van der Waals surface area contributed by atoms with E-state index in [1.165, 1.54) is 6.92 Å². The van der Waals surface area contributed by atoms with E-state index >= 15 is 0 Å². The van der Waals surface area contributed by atoms with Gasteiger partial charge in [0.05, 0.1) is 38.8 Å². The maximum atomic E-state index is 14.9. The molecule has 0 fully saturated rings. The minimum atomic E-state index is -0.884. The molecule has 0 saturated carbocycles. The summed E-state index contributed by atoms with van der Waals surface area (Å²) in [4.78, 5) is 45.7. The first-order valence-corrected chi connectivity index (χ1v) is 17.7. The Bertz CT molecular complexity index is 2040. The summed E-state index contributed by atoms with van der Waals surface area (Å²) in [5.41, 5.74) is 4.06. The second-order valence-electron chi connectivity index (χ2n) is 13.1. The normalized spacial score (nSPS) is 15.4. The average molecular weight is 717 g/mol. The van der Waals surface area contributed by atoms with Crippen LogP contribution in [0.3, 0.4) is 0 Å². The summed E-state index contributed by atoms with van der Waals surface area (Å²) in [7, 11) is 1.58. The van der Waals surface area contributed by atoms with Crippen molar-refractivity contribution in [3.8, 4) is 11.5 Å². The molecule has 10 nitrogen and oxygen atoms in total. The highest BCUT2D eigenvalue weighted by Gasteiger charge is 2.50. The largest absolute Gasteiger partial charge is 0.497 e. The highest BCUT2D eigenvalue weighted by atomic mass is 16.5. The molecule has 5 aromatic rings. The van der Waals surface area contributed by atoms with E-state index in [9.17, 15) is 19.5 Å². The molecule has 1 N–H and O–H groups in total. The molecule has 0 bridgehead atoms. The second kappa shape index (κ2) is 16.6. The quantitative estimate of drug-likeness (QED) is 0.0679. The molecular formula is C43H44N2O8. The van der Waals surface area contributed by atoms with Crippen LogP contribution >= 0.6 is 0 Å². The number of ether oxygens (including phenoxy) is 3. The summed E-state index contributed by atoms with van der Waals surface area (Å²) in [6.07, 6.45) is 1.42. The molecule has 0 spiro atoms. The number of aryl methyl sites for hydroxylation is 1. The van der Waals surface area contributed by atoms with Crippen molar-refractivity contribution in [3.05, 3.63) is 138 Å². The van der Waals surface area contributed by atoms with Gasteiger partial charge in [-0.1, -0.05) is 54.1 Å². The monoisotopic (exact) mass is 716 g/mol. The molecule has 4 aromatic carbocycles. The number of fused-ring (bicyclic) bond motifs is 2. The molecule has 2 heterocycles. The van der Waals surface area contributed by atoms with Gasteiger partial charge >= 0.3 is 5.97 Å². The van der Waals surface area contributed by atoms with Crippen LogP contribution in [0.1, 0.15) is 58.6 Å². The van der Waals surface area contributed by atoms with Gasteiger partial charge in [0.25, 0.3) is 5.91 Å². The highest BCUT2D eigenvalue weighted by Crippen LogP contribution is 2.48. The zero-order valence-corrected chi connectivity index (χ0v) is 30.2. The smallest absolute Gasteiger partial charge is 0.302 e. The summed E-state index contributed by atoms with van der Waals surface area (Å²) in [5, 5.41) is 10.3. The van der Waals surface area contributed by atoms with Crippen molar-refractivity contribution in [3.63, 3.8) is 0 Å². The van der Waals surface area contributed by atoms with E-state index in [0.29, 0.717) is 46.1 Å². The molecule has 2 amide bonds. The van der Waals surface area contributed by atoms with Crippen molar-refractivity contribution < 1.29 is 38.1 Å². The van der Waals surface area contributed by atoms with E-state index in [1.54, 1.807) is 59.4 Å². The number of carbonyl (C=O) groups excluding carboxylic acids is 3.